The van der Waals surface area contributed by atoms with Crippen LogP contribution in [0.2, 0.25) is 0 Å². The van der Waals surface area contributed by atoms with E-state index < -0.39 is 0 Å². The van der Waals surface area contributed by atoms with Crippen molar-refractivity contribution in [3.05, 3.63) is 0 Å². The molecule has 0 aromatic carbocycles. The molecule has 0 aromatic heterocycles. The average molecular weight is 383 g/mol. The Kier molecular flexibility index (Phi) is 7.92. The molecule has 0 bridgehead atoms. The second-order valence-electron chi connectivity index (χ2n) is 7.86. The zero-order chi connectivity index (χ0) is 18.2. The number of hydrogen-bond donors (Lipinski definition) is 4. The van der Waals surface area contributed by atoms with Crippen molar-refractivity contribution >= 4 is 23.7 Å². The smallest absolute Gasteiger partial charge is 0.315 e. The molecule has 7 heteroatoms. The summed E-state index contributed by atoms with van der Waals surface area (Å²) in [5.74, 6) is 1.17. The predicted octanol–water partition coefficient (Wildman–Crippen LogP) is 2.14. The third-order valence-corrected chi connectivity index (χ3v) is 7.32. The Morgan fingerprint density at radius 1 is 1.08 bits per heavy atom. The summed E-state index contributed by atoms with van der Waals surface area (Å²) in [4.78, 5) is 23.3. The summed E-state index contributed by atoms with van der Waals surface area (Å²) in [6.07, 6.45) is 11.6. The van der Waals surface area contributed by atoms with Gasteiger partial charge in [-0.15, -0.1) is 0 Å². The molecule has 1 aliphatic carbocycles. The van der Waals surface area contributed by atoms with Crippen molar-refractivity contribution in [3.8, 4) is 0 Å². The quantitative estimate of drug-likeness (QED) is 0.280. The first-order valence-electron chi connectivity index (χ1n) is 10.4. The van der Waals surface area contributed by atoms with Crippen LogP contribution in [0.5, 0.6) is 0 Å². The number of urea groups is 1. The Labute approximate surface area is 161 Å². The molecule has 4 N–H and O–H groups in total. The fourth-order valence-corrected chi connectivity index (χ4v) is 5.87. The van der Waals surface area contributed by atoms with Gasteiger partial charge in [0.15, 0.2) is 0 Å². The van der Waals surface area contributed by atoms with Crippen LogP contribution in [0.3, 0.4) is 0 Å². The van der Waals surface area contributed by atoms with E-state index in [9.17, 15) is 9.59 Å². The molecular formula is C19H34N4O2S. The first-order chi connectivity index (χ1) is 12.7. The van der Waals surface area contributed by atoms with Crippen LogP contribution in [0.4, 0.5) is 4.79 Å². The Hall–Kier alpha value is -0.950. The Morgan fingerprint density at radius 2 is 1.88 bits per heavy atom. The topological polar surface area (TPSA) is 82.3 Å². The summed E-state index contributed by atoms with van der Waals surface area (Å²) in [7, 11) is 0. The number of thioether (sulfide) groups is 1. The van der Waals surface area contributed by atoms with E-state index in [1.165, 1.54) is 38.5 Å². The molecule has 1 saturated carbocycles. The molecule has 3 aliphatic rings. The largest absolute Gasteiger partial charge is 0.355 e. The standard InChI is InChI=1S/C19H34N4O2S/c24-17(21-12-11-20-14-7-3-1-2-4-8-14)10-6-5-9-16-18-15(13-26-16)22-19(25)23-18/h14-16,18,20H,1-13H2,(H,21,24)(H2,22,23,25)/t15-,16-,18-/m0/s1. The molecule has 2 heterocycles. The first kappa shape index (κ1) is 19.8. The number of hydrogen-bond acceptors (Lipinski definition) is 4. The molecule has 0 unspecified atom stereocenters. The summed E-state index contributed by atoms with van der Waals surface area (Å²) < 4.78 is 0. The molecule has 2 saturated heterocycles. The molecule has 6 nitrogen and oxygen atoms in total. The Morgan fingerprint density at radius 3 is 2.69 bits per heavy atom. The van der Waals surface area contributed by atoms with E-state index in [1.807, 2.05) is 11.8 Å². The van der Waals surface area contributed by atoms with Gasteiger partial charge >= 0.3 is 6.03 Å². The normalized spacial score (nSPS) is 28.9. The van der Waals surface area contributed by atoms with Gasteiger partial charge in [0.2, 0.25) is 5.91 Å². The van der Waals surface area contributed by atoms with Crippen molar-refractivity contribution in [1.29, 1.82) is 0 Å². The highest BCUT2D eigenvalue weighted by Gasteiger charge is 2.42. The van der Waals surface area contributed by atoms with Gasteiger partial charge in [0.1, 0.15) is 0 Å². The van der Waals surface area contributed by atoms with Crippen molar-refractivity contribution in [3.63, 3.8) is 0 Å². The molecular weight excluding hydrogens is 348 g/mol. The van der Waals surface area contributed by atoms with Gasteiger partial charge in [-0.2, -0.15) is 11.8 Å². The van der Waals surface area contributed by atoms with Gasteiger partial charge in [0.25, 0.3) is 0 Å². The molecule has 0 radical (unpaired) electrons. The van der Waals surface area contributed by atoms with Gasteiger partial charge in [-0.05, 0) is 25.7 Å². The van der Waals surface area contributed by atoms with Crippen molar-refractivity contribution in [2.45, 2.75) is 87.6 Å². The van der Waals surface area contributed by atoms with Crippen molar-refractivity contribution in [1.82, 2.24) is 21.3 Å². The highest BCUT2D eigenvalue weighted by atomic mass is 32.2. The van der Waals surface area contributed by atoms with Gasteiger partial charge in [-0.25, -0.2) is 4.79 Å². The van der Waals surface area contributed by atoms with Gasteiger partial charge in [0, 0.05) is 36.6 Å². The van der Waals surface area contributed by atoms with Crippen LogP contribution in [0.1, 0.15) is 64.2 Å². The number of carbonyl (C=O) groups is 2. The number of nitrogens with one attached hydrogen (secondary N) is 4. The van der Waals surface area contributed by atoms with Crippen LogP contribution in [0, 0.1) is 0 Å². The minimum atomic E-state index is -0.0258. The van der Waals surface area contributed by atoms with E-state index in [2.05, 4.69) is 21.3 Å². The van der Waals surface area contributed by atoms with Crippen LogP contribution in [-0.2, 0) is 4.79 Å². The van der Waals surface area contributed by atoms with Gasteiger partial charge in [-0.1, -0.05) is 32.1 Å². The van der Waals surface area contributed by atoms with E-state index >= 15 is 0 Å². The molecule has 3 fully saturated rings. The zero-order valence-electron chi connectivity index (χ0n) is 15.7. The van der Waals surface area contributed by atoms with E-state index in [0.717, 1.165) is 38.1 Å². The first-order valence-corrected chi connectivity index (χ1v) is 11.5. The zero-order valence-corrected chi connectivity index (χ0v) is 16.5. The fraction of sp³-hybridized carbons (Fsp3) is 0.895. The van der Waals surface area contributed by atoms with Gasteiger partial charge in [0.05, 0.1) is 12.1 Å². The number of fused-ring (bicyclic) bond motifs is 1. The highest BCUT2D eigenvalue weighted by Crippen LogP contribution is 2.33. The second-order valence-corrected chi connectivity index (χ2v) is 9.13. The molecule has 26 heavy (non-hydrogen) atoms. The molecule has 148 valence electrons. The molecule has 0 aromatic rings. The second kappa shape index (κ2) is 10.4. The van der Waals surface area contributed by atoms with Crippen LogP contribution < -0.4 is 21.3 Å². The fourth-order valence-electron chi connectivity index (χ4n) is 4.32. The van der Waals surface area contributed by atoms with Crippen LogP contribution in [0.15, 0.2) is 0 Å². The van der Waals surface area contributed by atoms with Crippen molar-refractivity contribution in [2.75, 3.05) is 18.8 Å². The summed E-state index contributed by atoms with van der Waals surface area (Å²) in [6.45, 7) is 1.61. The van der Waals surface area contributed by atoms with Gasteiger partial charge < -0.3 is 21.3 Å². The lowest BCUT2D eigenvalue weighted by Crippen LogP contribution is -2.37. The SMILES string of the molecule is O=C(CCCC[C@@H]1SC[C@@H]2NC(=O)N[C@@H]21)NCCNC1CCCCCC1. The summed E-state index contributed by atoms with van der Waals surface area (Å²) in [5.41, 5.74) is 0. The van der Waals surface area contributed by atoms with E-state index in [-0.39, 0.29) is 18.0 Å². The maximum Gasteiger partial charge on any atom is 0.315 e. The van der Waals surface area contributed by atoms with Crippen LogP contribution in [-0.4, -0.2) is 54.2 Å². The monoisotopic (exact) mass is 382 g/mol. The average Bonchev–Trinajstić information content (AvgIpc) is 3.05. The summed E-state index contributed by atoms with van der Waals surface area (Å²) in [6, 6.07) is 1.19. The predicted molar refractivity (Wildman–Crippen MR) is 106 cm³/mol. The lowest BCUT2D eigenvalue weighted by molar-refractivity contribution is -0.121. The van der Waals surface area contributed by atoms with E-state index in [4.69, 9.17) is 0 Å². The lowest BCUT2D eigenvalue weighted by atomic mass is 10.0. The Balaban J connectivity index is 1.19. The molecule has 0 spiro atoms. The third-order valence-electron chi connectivity index (χ3n) is 5.82. The minimum absolute atomic E-state index is 0.0258. The van der Waals surface area contributed by atoms with Gasteiger partial charge in [-0.3, -0.25) is 4.79 Å². The Bertz CT molecular complexity index is 468. The maximum atomic E-state index is 12.0. The molecule has 3 amide bonds. The maximum absolute atomic E-state index is 12.0. The summed E-state index contributed by atoms with van der Waals surface area (Å²) >= 11 is 1.94. The molecule has 3 rings (SSSR count). The van der Waals surface area contributed by atoms with Crippen molar-refractivity contribution in [2.24, 2.45) is 0 Å². The minimum Gasteiger partial charge on any atom is -0.355 e. The van der Waals surface area contributed by atoms with E-state index in [0.29, 0.717) is 23.8 Å². The number of carbonyl (C=O) groups excluding carboxylic acids is 2. The number of amides is 3. The third kappa shape index (κ3) is 6.05. The van der Waals surface area contributed by atoms with Crippen LogP contribution >= 0.6 is 11.8 Å². The van der Waals surface area contributed by atoms with E-state index in [1.54, 1.807) is 0 Å². The molecule has 3 atom stereocenters. The molecule has 2 aliphatic heterocycles. The van der Waals surface area contributed by atoms with Crippen molar-refractivity contribution < 1.29 is 9.59 Å². The summed E-state index contributed by atoms with van der Waals surface area (Å²) in [5, 5.41) is 13.1. The lowest BCUT2D eigenvalue weighted by Gasteiger charge is -2.17. The highest BCUT2D eigenvalue weighted by molar-refractivity contribution is 8.00. The van der Waals surface area contributed by atoms with Crippen LogP contribution in [0.25, 0.3) is 0 Å². The number of rotatable bonds is 9. The number of unbranched alkanes of at least 4 members (excludes halogenated alkanes) is 1.